The van der Waals surface area contributed by atoms with Crippen LogP contribution in [0.15, 0.2) is 24.3 Å². The van der Waals surface area contributed by atoms with Crippen LogP contribution in [0, 0.1) is 0 Å². The van der Waals surface area contributed by atoms with Gasteiger partial charge in [-0.3, -0.25) is 4.90 Å². The second-order valence-corrected chi connectivity index (χ2v) is 6.22. The number of nitrogen functional groups attached to an aromatic ring is 1. The van der Waals surface area contributed by atoms with Crippen LogP contribution in [0.2, 0.25) is 0 Å². The van der Waals surface area contributed by atoms with Crippen LogP contribution >= 0.6 is 0 Å². The maximum Gasteiger partial charge on any atom is 0.0718 e. The molecule has 2 heterocycles. The highest BCUT2D eigenvalue weighted by atomic mass is 15.2. The van der Waals surface area contributed by atoms with Gasteiger partial charge >= 0.3 is 0 Å². The Bertz CT molecular complexity index is 592. The largest absolute Gasteiger partial charge is 0.397 e. The molecule has 0 atom stereocenters. The molecule has 0 aliphatic carbocycles. The Balaban J connectivity index is 2.01. The Labute approximate surface area is 121 Å². The van der Waals surface area contributed by atoms with Gasteiger partial charge in [0.05, 0.1) is 11.2 Å². The number of benzene rings is 1. The van der Waals surface area contributed by atoms with Crippen LogP contribution in [0.25, 0.3) is 10.9 Å². The quantitative estimate of drug-likeness (QED) is 0.862. The van der Waals surface area contributed by atoms with E-state index in [2.05, 4.69) is 35.4 Å². The van der Waals surface area contributed by atoms with Gasteiger partial charge in [0.2, 0.25) is 0 Å². The van der Waals surface area contributed by atoms with Crippen molar-refractivity contribution in [1.82, 2.24) is 9.47 Å². The summed E-state index contributed by atoms with van der Waals surface area (Å²) in [7, 11) is 0. The van der Waals surface area contributed by atoms with E-state index in [0.717, 1.165) is 12.2 Å². The zero-order chi connectivity index (χ0) is 14.1. The van der Waals surface area contributed by atoms with Crippen molar-refractivity contribution in [2.24, 2.45) is 0 Å². The summed E-state index contributed by atoms with van der Waals surface area (Å²) in [6.07, 6.45) is 4.06. The number of rotatable bonds is 3. The second-order valence-electron chi connectivity index (χ2n) is 6.22. The summed E-state index contributed by atoms with van der Waals surface area (Å²) in [6, 6.07) is 8.99. The summed E-state index contributed by atoms with van der Waals surface area (Å²) in [5, 5.41) is 1.27. The smallest absolute Gasteiger partial charge is 0.0718 e. The van der Waals surface area contributed by atoms with Crippen molar-refractivity contribution in [3.8, 4) is 0 Å². The molecule has 1 aromatic carbocycles. The number of likely N-dealkylation sites (tertiary alicyclic amines) is 1. The van der Waals surface area contributed by atoms with Crippen molar-refractivity contribution in [2.45, 2.75) is 45.7 Å². The van der Waals surface area contributed by atoms with Gasteiger partial charge in [-0.2, -0.15) is 0 Å². The number of hydrogen-bond donors (Lipinski definition) is 1. The molecule has 1 fully saturated rings. The Kier molecular flexibility index (Phi) is 3.70. The number of nitrogens with zero attached hydrogens (tertiary/aromatic N) is 2. The molecule has 0 saturated carbocycles. The Morgan fingerprint density at radius 1 is 1.15 bits per heavy atom. The van der Waals surface area contributed by atoms with Crippen molar-refractivity contribution in [3.05, 3.63) is 30.0 Å². The third-order valence-electron chi connectivity index (χ3n) is 4.32. The number of aromatic nitrogens is 1. The molecule has 3 heteroatoms. The Morgan fingerprint density at radius 2 is 1.90 bits per heavy atom. The number of anilines is 1. The maximum atomic E-state index is 6.21. The highest BCUT2D eigenvalue weighted by molar-refractivity contribution is 5.91. The van der Waals surface area contributed by atoms with E-state index in [4.69, 9.17) is 5.73 Å². The average molecular weight is 271 g/mol. The molecule has 0 spiro atoms. The fraction of sp³-hybridized carbons (Fsp3) is 0.529. The topological polar surface area (TPSA) is 34.2 Å². The predicted molar refractivity (Wildman–Crippen MR) is 85.9 cm³/mol. The van der Waals surface area contributed by atoms with Gasteiger partial charge in [0, 0.05) is 23.7 Å². The highest BCUT2D eigenvalue weighted by Gasteiger charge is 2.17. The number of fused-ring (bicyclic) bond motifs is 1. The van der Waals surface area contributed by atoms with Crippen LogP contribution < -0.4 is 5.73 Å². The molecule has 3 rings (SSSR count). The molecule has 0 amide bonds. The van der Waals surface area contributed by atoms with E-state index in [1.807, 2.05) is 12.1 Å². The minimum Gasteiger partial charge on any atom is -0.397 e. The lowest BCUT2D eigenvalue weighted by molar-refractivity contribution is 0.215. The summed E-state index contributed by atoms with van der Waals surface area (Å²) in [5.41, 5.74) is 9.70. The molecule has 2 aromatic rings. The number of para-hydroxylation sites is 1. The van der Waals surface area contributed by atoms with Crippen LogP contribution in [-0.4, -0.2) is 22.6 Å². The summed E-state index contributed by atoms with van der Waals surface area (Å²) in [6.45, 7) is 7.99. The Hall–Kier alpha value is -1.48. The molecule has 1 aliphatic heterocycles. The molecule has 1 aliphatic rings. The molecule has 0 radical (unpaired) electrons. The maximum absolute atomic E-state index is 6.21. The van der Waals surface area contributed by atoms with E-state index in [1.165, 1.54) is 48.9 Å². The lowest BCUT2D eigenvalue weighted by atomic mass is 10.1. The van der Waals surface area contributed by atoms with Gasteiger partial charge < -0.3 is 10.3 Å². The Morgan fingerprint density at radius 3 is 2.60 bits per heavy atom. The fourth-order valence-corrected chi connectivity index (χ4v) is 3.43. The van der Waals surface area contributed by atoms with E-state index < -0.39 is 0 Å². The van der Waals surface area contributed by atoms with E-state index in [-0.39, 0.29) is 0 Å². The molecular formula is C17H25N3. The van der Waals surface area contributed by atoms with Gasteiger partial charge in [-0.25, -0.2) is 0 Å². The zero-order valence-corrected chi connectivity index (χ0v) is 12.6. The third kappa shape index (κ3) is 2.42. The van der Waals surface area contributed by atoms with Crippen molar-refractivity contribution in [3.63, 3.8) is 0 Å². The molecule has 108 valence electrons. The standard InChI is InChI=1S/C17H25N3/c1-13(2)20-15(12-19-9-4-3-5-10-19)11-14-7-6-8-16(18)17(14)20/h6-8,11,13H,3-5,9-10,12,18H2,1-2H3. The fourth-order valence-electron chi connectivity index (χ4n) is 3.43. The van der Waals surface area contributed by atoms with Gasteiger partial charge in [0.15, 0.2) is 0 Å². The van der Waals surface area contributed by atoms with Crippen LogP contribution in [0.5, 0.6) is 0 Å². The lowest BCUT2D eigenvalue weighted by Crippen LogP contribution is -2.30. The van der Waals surface area contributed by atoms with Crippen molar-refractivity contribution >= 4 is 16.6 Å². The van der Waals surface area contributed by atoms with Crippen molar-refractivity contribution in [2.75, 3.05) is 18.8 Å². The normalized spacial score (nSPS) is 17.1. The summed E-state index contributed by atoms with van der Waals surface area (Å²) >= 11 is 0. The second kappa shape index (κ2) is 5.49. The van der Waals surface area contributed by atoms with Gasteiger partial charge in [-0.1, -0.05) is 18.6 Å². The van der Waals surface area contributed by atoms with Crippen LogP contribution in [0.3, 0.4) is 0 Å². The summed E-state index contributed by atoms with van der Waals surface area (Å²) < 4.78 is 2.42. The van der Waals surface area contributed by atoms with E-state index in [9.17, 15) is 0 Å². The molecule has 0 bridgehead atoms. The summed E-state index contributed by atoms with van der Waals surface area (Å²) in [4.78, 5) is 2.58. The first-order valence-corrected chi connectivity index (χ1v) is 7.77. The minimum absolute atomic E-state index is 0.442. The predicted octanol–water partition coefficient (Wildman–Crippen LogP) is 3.79. The van der Waals surface area contributed by atoms with E-state index >= 15 is 0 Å². The lowest BCUT2D eigenvalue weighted by Gasteiger charge is -2.27. The van der Waals surface area contributed by atoms with Gasteiger partial charge in [0.25, 0.3) is 0 Å². The summed E-state index contributed by atoms with van der Waals surface area (Å²) in [5.74, 6) is 0. The SMILES string of the molecule is CC(C)n1c(CN2CCCCC2)cc2cccc(N)c21. The molecule has 0 unspecified atom stereocenters. The number of piperidine rings is 1. The van der Waals surface area contributed by atoms with Crippen molar-refractivity contribution in [1.29, 1.82) is 0 Å². The molecule has 3 nitrogen and oxygen atoms in total. The average Bonchev–Trinajstić information content (AvgIpc) is 2.79. The van der Waals surface area contributed by atoms with E-state index in [0.29, 0.717) is 6.04 Å². The van der Waals surface area contributed by atoms with Gasteiger partial charge in [-0.15, -0.1) is 0 Å². The van der Waals surface area contributed by atoms with Crippen molar-refractivity contribution < 1.29 is 0 Å². The number of nitrogens with two attached hydrogens (primary N) is 1. The molecule has 1 saturated heterocycles. The molecule has 1 aromatic heterocycles. The monoisotopic (exact) mass is 271 g/mol. The number of hydrogen-bond acceptors (Lipinski definition) is 2. The van der Waals surface area contributed by atoms with Crippen LogP contribution in [0.4, 0.5) is 5.69 Å². The highest BCUT2D eigenvalue weighted by Crippen LogP contribution is 2.29. The van der Waals surface area contributed by atoms with Crippen LogP contribution in [-0.2, 0) is 6.54 Å². The first-order valence-electron chi connectivity index (χ1n) is 7.77. The molecule has 2 N–H and O–H groups in total. The molecular weight excluding hydrogens is 246 g/mol. The minimum atomic E-state index is 0.442. The first kappa shape index (κ1) is 13.5. The van der Waals surface area contributed by atoms with Gasteiger partial charge in [-0.05, 0) is 51.9 Å². The molecule has 20 heavy (non-hydrogen) atoms. The first-order chi connectivity index (χ1) is 9.66. The third-order valence-corrected chi connectivity index (χ3v) is 4.32. The van der Waals surface area contributed by atoms with Crippen LogP contribution in [0.1, 0.15) is 44.8 Å². The van der Waals surface area contributed by atoms with E-state index in [1.54, 1.807) is 0 Å². The zero-order valence-electron chi connectivity index (χ0n) is 12.6. The van der Waals surface area contributed by atoms with Gasteiger partial charge in [0.1, 0.15) is 0 Å².